The van der Waals surface area contributed by atoms with Crippen LogP contribution in [0, 0.1) is 5.92 Å². The molecule has 0 aromatic carbocycles. The van der Waals surface area contributed by atoms with Crippen molar-refractivity contribution in [1.82, 2.24) is 10.2 Å². The summed E-state index contributed by atoms with van der Waals surface area (Å²) in [4.78, 5) is 35.5. The number of piperidine rings is 1. The van der Waals surface area contributed by atoms with E-state index in [4.69, 9.17) is 9.84 Å². The van der Waals surface area contributed by atoms with Crippen LogP contribution in [0.15, 0.2) is 0 Å². The van der Waals surface area contributed by atoms with Crippen LogP contribution in [0.5, 0.6) is 0 Å². The van der Waals surface area contributed by atoms with Crippen LogP contribution in [0.25, 0.3) is 0 Å². The van der Waals surface area contributed by atoms with Gasteiger partial charge in [0.1, 0.15) is 12.1 Å². The van der Waals surface area contributed by atoms with Crippen molar-refractivity contribution in [3.05, 3.63) is 0 Å². The first-order valence-corrected chi connectivity index (χ1v) is 6.66. The summed E-state index contributed by atoms with van der Waals surface area (Å²) in [7, 11) is 0. The molecule has 1 aliphatic rings. The fourth-order valence-electron chi connectivity index (χ4n) is 1.96. The van der Waals surface area contributed by atoms with Crippen LogP contribution in [0.1, 0.15) is 33.6 Å². The summed E-state index contributed by atoms with van der Waals surface area (Å²) in [6.45, 7) is 5.93. The van der Waals surface area contributed by atoms with Crippen molar-refractivity contribution >= 4 is 18.0 Å². The van der Waals surface area contributed by atoms with Gasteiger partial charge in [0, 0.05) is 19.0 Å². The smallest absolute Gasteiger partial charge is 0.410 e. The van der Waals surface area contributed by atoms with Gasteiger partial charge in [0.15, 0.2) is 0 Å². The maximum absolute atomic E-state index is 11.8. The van der Waals surface area contributed by atoms with E-state index in [0.717, 1.165) is 0 Å². The Morgan fingerprint density at radius 3 is 2.25 bits per heavy atom. The standard InChI is InChI=1S/C13H22N2O5/c1-13(2,3)20-12(19)15-6-4-9(5-7-15)11(18)14-8-10(16)17/h9H,4-8H2,1-3H3,(H,14,18)(H,16,17). The van der Waals surface area contributed by atoms with Gasteiger partial charge in [-0.05, 0) is 33.6 Å². The number of hydrogen-bond acceptors (Lipinski definition) is 4. The third-order valence-electron chi connectivity index (χ3n) is 2.93. The summed E-state index contributed by atoms with van der Waals surface area (Å²) in [6.07, 6.45) is 0.664. The highest BCUT2D eigenvalue weighted by Crippen LogP contribution is 2.19. The maximum atomic E-state index is 11.8. The number of carbonyl (C=O) groups is 3. The summed E-state index contributed by atoms with van der Waals surface area (Å²) < 4.78 is 5.26. The van der Waals surface area contributed by atoms with Crippen molar-refractivity contribution in [2.75, 3.05) is 19.6 Å². The third-order valence-corrected chi connectivity index (χ3v) is 2.93. The largest absolute Gasteiger partial charge is 0.480 e. The van der Waals surface area contributed by atoms with Gasteiger partial charge in [-0.15, -0.1) is 0 Å². The normalized spacial score (nSPS) is 16.6. The highest BCUT2D eigenvalue weighted by molar-refractivity contribution is 5.83. The first-order valence-electron chi connectivity index (χ1n) is 6.66. The summed E-state index contributed by atoms with van der Waals surface area (Å²) in [6, 6.07) is 0. The van der Waals surface area contributed by atoms with Crippen molar-refractivity contribution in [3.63, 3.8) is 0 Å². The Morgan fingerprint density at radius 1 is 1.25 bits per heavy atom. The number of likely N-dealkylation sites (tertiary alicyclic amines) is 1. The molecule has 1 fully saturated rings. The molecule has 0 spiro atoms. The lowest BCUT2D eigenvalue weighted by atomic mass is 9.96. The topological polar surface area (TPSA) is 95.9 Å². The van der Waals surface area contributed by atoms with Crippen molar-refractivity contribution in [3.8, 4) is 0 Å². The molecule has 1 aliphatic heterocycles. The molecule has 114 valence electrons. The number of amides is 2. The second kappa shape index (κ2) is 6.58. The maximum Gasteiger partial charge on any atom is 0.410 e. The number of carbonyl (C=O) groups excluding carboxylic acids is 2. The summed E-state index contributed by atoms with van der Waals surface area (Å²) in [5, 5.41) is 10.9. The van der Waals surface area contributed by atoms with Crippen molar-refractivity contribution < 1.29 is 24.2 Å². The molecular formula is C13H22N2O5. The fraction of sp³-hybridized carbons (Fsp3) is 0.769. The van der Waals surface area contributed by atoms with Crippen LogP contribution in [0.3, 0.4) is 0 Å². The minimum atomic E-state index is -1.07. The molecule has 20 heavy (non-hydrogen) atoms. The molecule has 1 rings (SSSR count). The molecule has 2 amide bonds. The molecular weight excluding hydrogens is 264 g/mol. The van der Waals surface area contributed by atoms with E-state index in [1.165, 1.54) is 0 Å². The highest BCUT2D eigenvalue weighted by Gasteiger charge is 2.29. The predicted molar refractivity (Wildman–Crippen MR) is 71.2 cm³/mol. The van der Waals surface area contributed by atoms with Crippen LogP contribution in [-0.4, -0.2) is 53.2 Å². The average molecular weight is 286 g/mol. The molecule has 0 bridgehead atoms. The quantitative estimate of drug-likeness (QED) is 0.801. The van der Waals surface area contributed by atoms with Crippen LogP contribution in [0.2, 0.25) is 0 Å². The molecule has 1 heterocycles. The minimum Gasteiger partial charge on any atom is -0.480 e. The molecule has 1 saturated heterocycles. The fourth-order valence-corrected chi connectivity index (χ4v) is 1.96. The number of nitrogens with one attached hydrogen (secondary N) is 1. The summed E-state index contributed by atoms with van der Waals surface area (Å²) >= 11 is 0. The van der Waals surface area contributed by atoms with E-state index in [9.17, 15) is 14.4 Å². The minimum absolute atomic E-state index is 0.243. The third kappa shape index (κ3) is 5.46. The molecule has 0 unspecified atom stereocenters. The lowest BCUT2D eigenvalue weighted by Crippen LogP contribution is -2.45. The van der Waals surface area contributed by atoms with E-state index in [-0.39, 0.29) is 24.5 Å². The number of carboxylic acid groups (broad SMARTS) is 1. The Morgan fingerprint density at radius 2 is 1.80 bits per heavy atom. The van der Waals surface area contributed by atoms with Crippen molar-refractivity contribution in [1.29, 1.82) is 0 Å². The number of rotatable bonds is 3. The van der Waals surface area contributed by atoms with E-state index in [1.807, 2.05) is 0 Å². The number of ether oxygens (including phenoxy) is 1. The molecule has 7 heteroatoms. The van der Waals surface area contributed by atoms with Crippen LogP contribution < -0.4 is 5.32 Å². The molecule has 0 radical (unpaired) electrons. The van der Waals surface area contributed by atoms with Crippen LogP contribution in [0.4, 0.5) is 4.79 Å². The second-order valence-corrected chi connectivity index (χ2v) is 5.85. The molecule has 0 atom stereocenters. The van der Waals surface area contributed by atoms with Gasteiger partial charge in [-0.1, -0.05) is 0 Å². The first-order chi connectivity index (χ1) is 9.19. The van der Waals surface area contributed by atoms with Crippen LogP contribution in [-0.2, 0) is 14.3 Å². The lowest BCUT2D eigenvalue weighted by Gasteiger charge is -2.32. The highest BCUT2D eigenvalue weighted by atomic mass is 16.6. The number of carboxylic acids is 1. The van der Waals surface area contributed by atoms with Gasteiger partial charge in [0.2, 0.25) is 5.91 Å². The van der Waals surface area contributed by atoms with E-state index in [1.54, 1.807) is 25.7 Å². The second-order valence-electron chi connectivity index (χ2n) is 5.85. The SMILES string of the molecule is CC(C)(C)OC(=O)N1CCC(C(=O)NCC(=O)O)CC1. The van der Waals surface area contributed by atoms with Crippen LogP contribution >= 0.6 is 0 Å². The molecule has 7 nitrogen and oxygen atoms in total. The van der Waals surface area contributed by atoms with E-state index in [0.29, 0.717) is 25.9 Å². The monoisotopic (exact) mass is 286 g/mol. The first kappa shape index (κ1) is 16.3. The van der Waals surface area contributed by atoms with Crippen molar-refractivity contribution in [2.24, 2.45) is 5.92 Å². The number of aliphatic carboxylic acids is 1. The lowest BCUT2D eigenvalue weighted by molar-refractivity contribution is -0.138. The zero-order chi connectivity index (χ0) is 15.3. The van der Waals surface area contributed by atoms with E-state index in [2.05, 4.69) is 5.32 Å². The van der Waals surface area contributed by atoms with Gasteiger partial charge >= 0.3 is 12.1 Å². The van der Waals surface area contributed by atoms with Gasteiger partial charge in [0.25, 0.3) is 0 Å². The Bertz CT molecular complexity index is 381. The summed E-state index contributed by atoms with van der Waals surface area (Å²) in [5.74, 6) is -1.58. The van der Waals surface area contributed by atoms with Gasteiger partial charge in [0.05, 0.1) is 0 Å². The summed E-state index contributed by atoms with van der Waals surface area (Å²) in [5.41, 5.74) is -0.535. The van der Waals surface area contributed by atoms with Gasteiger partial charge < -0.3 is 20.1 Å². The Hall–Kier alpha value is -1.79. The zero-order valence-electron chi connectivity index (χ0n) is 12.1. The average Bonchev–Trinajstić information content (AvgIpc) is 2.34. The Kier molecular flexibility index (Phi) is 5.35. The van der Waals surface area contributed by atoms with Gasteiger partial charge in [-0.3, -0.25) is 9.59 Å². The van der Waals surface area contributed by atoms with Gasteiger partial charge in [-0.25, -0.2) is 4.79 Å². The molecule has 0 aliphatic carbocycles. The van der Waals surface area contributed by atoms with Crippen molar-refractivity contribution in [2.45, 2.75) is 39.2 Å². The van der Waals surface area contributed by atoms with E-state index < -0.39 is 11.6 Å². The number of hydrogen-bond donors (Lipinski definition) is 2. The molecule has 0 saturated carbocycles. The van der Waals surface area contributed by atoms with Gasteiger partial charge in [-0.2, -0.15) is 0 Å². The molecule has 2 N–H and O–H groups in total. The van der Waals surface area contributed by atoms with E-state index >= 15 is 0 Å². The Balaban J connectivity index is 2.38. The molecule has 0 aromatic heterocycles. The zero-order valence-corrected chi connectivity index (χ0v) is 12.1. The predicted octanol–water partition coefficient (Wildman–Crippen LogP) is 0.834. The Labute approximate surface area is 118 Å². The number of nitrogens with zero attached hydrogens (tertiary/aromatic N) is 1. The molecule has 0 aromatic rings.